The van der Waals surface area contributed by atoms with Gasteiger partial charge in [-0.05, 0) is 13.3 Å². The molecule has 1 amide bonds. The molecule has 0 radical (unpaired) electrons. The van der Waals surface area contributed by atoms with Gasteiger partial charge >= 0.3 is 0 Å². The van der Waals surface area contributed by atoms with E-state index in [9.17, 15) is 9.90 Å². The minimum absolute atomic E-state index is 0.0150. The highest BCUT2D eigenvalue weighted by Gasteiger charge is 2.20. The first-order chi connectivity index (χ1) is 8.61. The van der Waals surface area contributed by atoms with Gasteiger partial charge in [0.25, 0.3) is 0 Å². The number of ether oxygens (including phenoxy) is 2. The molecule has 1 saturated heterocycles. The molecule has 0 aromatic rings. The maximum absolute atomic E-state index is 11.0. The lowest BCUT2D eigenvalue weighted by Gasteiger charge is -2.17. The number of methoxy groups -OCH3 is 1. The van der Waals surface area contributed by atoms with Crippen LogP contribution in [-0.2, 0) is 14.3 Å². The van der Waals surface area contributed by atoms with Crippen molar-refractivity contribution in [3.8, 4) is 0 Å². The fraction of sp³-hybridized carbons (Fsp3) is 0.917. The van der Waals surface area contributed by atoms with E-state index in [4.69, 9.17) is 9.47 Å². The predicted molar refractivity (Wildman–Crippen MR) is 67.3 cm³/mol. The van der Waals surface area contributed by atoms with Crippen LogP contribution in [0.25, 0.3) is 0 Å². The summed E-state index contributed by atoms with van der Waals surface area (Å²) in [5, 5.41) is 15.7. The van der Waals surface area contributed by atoms with Gasteiger partial charge in [0.05, 0.1) is 25.4 Å². The van der Waals surface area contributed by atoms with Crippen LogP contribution in [0.1, 0.15) is 19.8 Å². The van der Waals surface area contributed by atoms with Crippen LogP contribution in [0.5, 0.6) is 0 Å². The molecule has 0 aliphatic carbocycles. The molecule has 6 heteroatoms. The maximum atomic E-state index is 11.0. The van der Waals surface area contributed by atoms with Crippen LogP contribution in [-0.4, -0.2) is 62.7 Å². The van der Waals surface area contributed by atoms with Crippen molar-refractivity contribution in [1.29, 1.82) is 0 Å². The van der Waals surface area contributed by atoms with Gasteiger partial charge in [-0.15, -0.1) is 0 Å². The first-order valence-corrected chi connectivity index (χ1v) is 6.40. The Kier molecular flexibility index (Phi) is 7.19. The Bertz CT molecular complexity index is 250. The molecule has 0 bridgehead atoms. The molecule has 106 valence electrons. The molecule has 0 spiro atoms. The summed E-state index contributed by atoms with van der Waals surface area (Å²) >= 11 is 0. The Labute approximate surface area is 108 Å². The molecule has 0 aromatic heterocycles. The van der Waals surface area contributed by atoms with Gasteiger partial charge < -0.3 is 25.2 Å². The zero-order chi connectivity index (χ0) is 13.4. The number of carbonyl (C=O) groups excluding carboxylic acids is 1. The van der Waals surface area contributed by atoms with Crippen LogP contribution < -0.4 is 10.6 Å². The Morgan fingerprint density at radius 3 is 2.94 bits per heavy atom. The standard InChI is InChI=1S/C12H24N2O4/c1-9(7-17-2)18-8-11(15)6-13-5-10-3-4-12(16)14-10/h9-11,13,15H,3-8H2,1-2H3,(H,14,16). The van der Waals surface area contributed by atoms with Gasteiger partial charge in [0.15, 0.2) is 0 Å². The lowest BCUT2D eigenvalue weighted by molar-refractivity contribution is -0.119. The zero-order valence-corrected chi connectivity index (χ0v) is 11.1. The summed E-state index contributed by atoms with van der Waals surface area (Å²) in [7, 11) is 1.62. The van der Waals surface area contributed by atoms with Crippen molar-refractivity contribution in [3.63, 3.8) is 0 Å². The van der Waals surface area contributed by atoms with Crippen LogP contribution >= 0.6 is 0 Å². The summed E-state index contributed by atoms with van der Waals surface area (Å²) < 4.78 is 10.3. The third-order valence-corrected chi connectivity index (χ3v) is 2.83. The van der Waals surface area contributed by atoms with E-state index in [1.165, 1.54) is 0 Å². The molecule has 1 aliphatic rings. The third kappa shape index (κ3) is 6.30. The average Bonchev–Trinajstić information content (AvgIpc) is 2.73. The van der Waals surface area contributed by atoms with Crippen molar-refractivity contribution in [1.82, 2.24) is 10.6 Å². The van der Waals surface area contributed by atoms with Gasteiger partial charge in [-0.1, -0.05) is 0 Å². The molecule has 18 heavy (non-hydrogen) atoms. The van der Waals surface area contributed by atoms with E-state index >= 15 is 0 Å². The molecule has 1 heterocycles. The number of amides is 1. The summed E-state index contributed by atoms with van der Waals surface area (Å²) in [5.41, 5.74) is 0. The van der Waals surface area contributed by atoms with Crippen molar-refractivity contribution in [3.05, 3.63) is 0 Å². The van der Waals surface area contributed by atoms with Crippen LogP contribution in [0, 0.1) is 0 Å². The molecule has 3 atom stereocenters. The molecular weight excluding hydrogens is 236 g/mol. The van der Waals surface area contributed by atoms with Crippen LogP contribution in [0.3, 0.4) is 0 Å². The smallest absolute Gasteiger partial charge is 0.220 e. The lowest BCUT2D eigenvalue weighted by Crippen LogP contribution is -2.40. The molecule has 0 aromatic carbocycles. The van der Waals surface area contributed by atoms with E-state index in [1.54, 1.807) is 7.11 Å². The van der Waals surface area contributed by atoms with E-state index < -0.39 is 6.10 Å². The van der Waals surface area contributed by atoms with E-state index in [-0.39, 0.29) is 24.7 Å². The Morgan fingerprint density at radius 1 is 1.56 bits per heavy atom. The number of hydrogen-bond acceptors (Lipinski definition) is 5. The largest absolute Gasteiger partial charge is 0.389 e. The zero-order valence-electron chi connectivity index (χ0n) is 11.1. The quantitative estimate of drug-likeness (QED) is 0.509. The number of rotatable bonds is 9. The topological polar surface area (TPSA) is 79.8 Å². The second-order valence-electron chi connectivity index (χ2n) is 4.71. The van der Waals surface area contributed by atoms with Gasteiger partial charge in [0.1, 0.15) is 0 Å². The summed E-state index contributed by atoms with van der Waals surface area (Å²) in [6.45, 7) is 3.86. The molecule has 1 fully saturated rings. The van der Waals surface area contributed by atoms with Gasteiger partial charge in [-0.2, -0.15) is 0 Å². The molecule has 0 saturated carbocycles. The Balaban J connectivity index is 1.99. The first-order valence-electron chi connectivity index (χ1n) is 6.40. The molecule has 6 nitrogen and oxygen atoms in total. The van der Waals surface area contributed by atoms with Crippen LogP contribution in [0.2, 0.25) is 0 Å². The minimum Gasteiger partial charge on any atom is -0.389 e. The Morgan fingerprint density at radius 2 is 2.33 bits per heavy atom. The average molecular weight is 260 g/mol. The fourth-order valence-corrected chi connectivity index (χ4v) is 1.87. The van der Waals surface area contributed by atoms with Gasteiger partial charge in [-0.25, -0.2) is 0 Å². The summed E-state index contributed by atoms with van der Waals surface area (Å²) in [6.07, 6.45) is 0.913. The SMILES string of the molecule is COCC(C)OCC(O)CNCC1CCC(=O)N1. The van der Waals surface area contributed by atoms with Crippen molar-refractivity contribution < 1.29 is 19.4 Å². The minimum atomic E-state index is -0.540. The van der Waals surface area contributed by atoms with Crippen LogP contribution in [0.4, 0.5) is 0 Å². The fourth-order valence-electron chi connectivity index (χ4n) is 1.87. The second-order valence-corrected chi connectivity index (χ2v) is 4.71. The molecule has 1 aliphatic heterocycles. The summed E-state index contributed by atoms with van der Waals surface area (Å²) in [6, 6.07) is 0.193. The van der Waals surface area contributed by atoms with E-state index in [0.29, 0.717) is 26.1 Å². The summed E-state index contributed by atoms with van der Waals surface area (Å²) in [5.74, 6) is 0.110. The highest BCUT2D eigenvalue weighted by Crippen LogP contribution is 2.04. The van der Waals surface area contributed by atoms with Crippen molar-refractivity contribution in [2.75, 3.05) is 33.4 Å². The molecule has 1 rings (SSSR count). The van der Waals surface area contributed by atoms with Crippen molar-refractivity contribution in [2.45, 2.75) is 38.0 Å². The predicted octanol–water partition coefficient (Wildman–Crippen LogP) is -0.733. The van der Waals surface area contributed by atoms with Gasteiger partial charge in [0, 0.05) is 32.7 Å². The highest BCUT2D eigenvalue weighted by molar-refractivity contribution is 5.78. The van der Waals surface area contributed by atoms with Gasteiger partial charge in [0.2, 0.25) is 5.91 Å². The summed E-state index contributed by atoms with van der Waals surface area (Å²) in [4.78, 5) is 11.0. The first kappa shape index (κ1) is 15.4. The monoisotopic (exact) mass is 260 g/mol. The normalized spacial score (nSPS) is 22.8. The lowest BCUT2D eigenvalue weighted by atomic mass is 10.2. The molecular formula is C12H24N2O4. The number of hydrogen-bond donors (Lipinski definition) is 3. The molecule has 3 unspecified atom stereocenters. The van der Waals surface area contributed by atoms with Gasteiger partial charge in [-0.3, -0.25) is 4.79 Å². The highest BCUT2D eigenvalue weighted by atomic mass is 16.5. The van der Waals surface area contributed by atoms with E-state index in [2.05, 4.69) is 10.6 Å². The van der Waals surface area contributed by atoms with E-state index in [1.807, 2.05) is 6.92 Å². The third-order valence-electron chi connectivity index (χ3n) is 2.83. The number of aliphatic hydroxyl groups is 1. The molecule has 3 N–H and O–H groups in total. The number of aliphatic hydroxyl groups excluding tert-OH is 1. The van der Waals surface area contributed by atoms with Crippen molar-refractivity contribution in [2.24, 2.45) is 0 Å². The Hall–Kier alpha value is -0.690. The maximum Gasteiger partial charge on any atom is 0.220 e. The second kappa shape index (κ2) is 8.42. The van der Waals surface area contributed by atoms with E-state index in [0.717, 1.165) is 6.42 Å². The number of nitrogens with one attached hydrogen (secondary N) is 2. The number of carbonyl (C=O) groups is 1. The van der Waals surface area contributed by atoms with Crippen LogP contribution in [0.15, 0.2) is 0 Å². The van der Waals surface area contributed by atoms with Crippen molar-refractivity contribution >= 4 is 5.91 Å².